The molecule has 1 aromatic carbocycles. The Morgan fingerprint density at radius 1 is 1.00 bits per heavy atom. The molecule has 0 bridgehead atoms. The third-order valence-electron chi connectivity index (χ3n) is 6.91. The first-order valence-electron chi connectivity index (χ1n) is 11.3. The predicted octanol–water partition coefficient (Wildman–Crippen LogP) is 3.60. The van der Waals surface area contributed by atoms with Crippen molar-refractivity contribution in [2.45, 2.75) is 25.8 Å². The third-order valence-corrected chi connectivity index (χ3v) is 6.91. The highest BCUT2D eigenvalue weighted by Crippen LogP contribution is 2.41. The Morgan fingerprint density at radius 2 is 1.82 bits per heavy atom. The number of carboxylic acids is 1. The second kappa shape index (κ2) is 8.78. The first kappa shape index (κ1) is 21.3. The van der Waals surface area contributed by atoms with Gasteiger partial charge in [0.05, 0.1) is 5.69 Å². The summed E-state index contributed by atoms with van der Waals surface area (Å²) in [6, 6.07) is 15.7. The van der Waals surface area contributed by atoms with Crippen molar-refractivity contribution in [3.05, 3.63) is 72.2 Å². The summed E-state index contributed by atoms with van der Waals surface area (Å²) in [4.78, 5) is 32.5. The van der Waals surface area contributed by atoms with Crippen LogP contribution in [-0.4, -0.2) is 67.9 Å². The van der Waals surface area contributed by atoms with Gasteiger partial charge in [-0.2, -0.15) is 9.78 Å². The Balaban J connectivity index is 1.18. The lowest BCUT2D eigenvalue weighted by molar-refractivity contribution is 0.0689. The van der Waals surface area contributed by atoms with Crippen LogP contribution in [0.1, 0.15) is 35.3 Å². The summed E-state index contributed by atoms with van der Waals surface area (Å²) in [5.41, 5.74) is 3.54. The van der Waals surface area contributed by atoms with Crippen molar-refractivity contribution in [3.63, 3.8) is 0 Å². The Bertz CT molecular complexity index is 1150. The van der Waals surface area contributed by atoms with E-state index in [4.69, 9.17) is 5.11 Å². The maximum Gasteiger partial charge on any atom is 0.356 e. The lowest BCUT2D eigenvalue weighted by Crippen LogP contribution is -2.45. The average molecular weight is 446 g/mol. The van der Waals surface area contributed by atoms with Gasteiger partial charge in [-0.25, -0.2) is 9.59 Å². The van der Waals surface area contributed by atoms with Gasteiger partial charge < -0.3 is 10.0 Å². The van der Waals surface area contributed by atoms with E-state index in [-0.39, 0.29) is 17.1 Å². The maximum atomic E-state index is 12.7. The zero-order valence-corrected chi connectivity index (χ0v) is 18.4. The van der Waals surface area contributed by atoms with Crippen molar-refractivity contribution < 1.29 is 14.7 Å². The Hall–Kier alpha value is -3.52. The molecule has 0 unspecified atom stereocenters. The number of aromatic nitrogens is 3. The van der Waals surface area contributed by atoms with Crippen molar-refractivity contribution >= 4 is 12.0 Å². The summed E-state index contributed by atoms with van der Waals surface area (Å²) in [6.07, 6.45) is 6.29. The molecule has 8 heteroatoms. The second-order valence-electron chi connectivity index (χ2n) is 9.10. The Morgan fingerprint density at radius 3 is 2.55 bits per heavy atom. The van der Waals surface area contributed by atoms with E-state index in [1.807, 2.05) is 24.4 Å². The molecule has 2 fully saturated rings. The summed E-state index contributed by atoms with van der Waals surface area (Å²) >= 11 is 0. The molecule has 4 heterocycles. The molecule has 2 saturated heterocycles. The smallest absolute Gasteiger partial charge is 0.356 e. The van der Waals surface area contributed by atoms with Gasteiger partial charge in [-0.3, -0.25) is 9.88 Å². The van der Waals surface area contributed by atoms with Crippen LogP contribution < -0.4 is 0 Å². The number of benzene rings is 1. The third kappa shape index (κ3) is 4.52. The van der Waals surface area contributed by atoms with Crippen molar-refractivity contribution in [2.24, 2.45) is 5.41 Å². The molecule has 8 nitrogen and oxygen atoms in total. The number of aromatic carboxylic acids is 1. The molecule has 0 atom stereocenters. The molecule has 1 amide bonds. The topological polar surface area (TPSA) is 91.6 Å². The van der Waals surface area contributed by atoms with Crippen LogP contribution in [0.15, 0.2) is 60.9 Å². The van der Waals surface area contributed by atoms with Gasteiger partial charge in [0.2, 0.25) is 0 Å². The fourth-order valence-corrected chi connectivity index (χ4v) is 5.05. The molecule has 1 spiro atoms. The number of carbonyl (C=O) groups excluding carboxylic acids is 1. The molecule has 170 valence electrons. The number of carbonyl (C=O) groups is 2. The molecule has 2 aliphatic rings. The van der Waals surface area contributed by atoms with Gasteiger partial charge in [0.15, 0.2) is 5.69 Å². The lowest BCUT2D eigenvalue weighted by Gasteiger charge is -2.39. The van der Waals surface area contributed by atoms with Gasteiger partial charge in [0.1, 0.15) is 0 Å². The number of hydrogen-bond donors (Lipinski definition) is 1. The van der Waals surface area contributed by atoms with E-state index in [0.717, 1.165) is 54.8 Å². The standard InChI is InChI=1S/C25H27N5O3/c31-23(32)22-7-12-30(27-22)24(33)29-14-9-25(10-15-29)8-13-28(18-25)17-19-4-3-5-20(16-19)21-6-1-2-11-26-21/h1-7,11-12,16H,8-10,13-15,17-18H2,(H,31,32). The molecule has 0 radical (unpaired) electrons. The summed E-state index contributed by atoms with van der Waals surface area (Å²) in [7, 11) is 0. The number of hydrogen-bond acceptors (Lipinski definition) is 5. The summed E-state index contributed by atoms with van der Waals surface area (Å²) in [5, 5.41) is 12.9. The van der Waals surface area contributed by atoms with Crippen molar-refractivity contribution in [2.75, 3.05) is 26.2 Å². The van der Waals surface area contributed by atoms with E-state index in [1.54, 1.807) is 4.90 Å². The number of rotatable bonds is 4. The highest BCUT2D eigenvalue weighted by molar-refractivity contribution is 5.86. The molecule has 2 aromatic heterocycles. The second-order valence-corrected chi connectivity index (χ2v) is 9.10. The number of amides is 1. The summed E-state index contributed by atoms with van der Waals surface area (Å²) in [5.74, 6) is -1.13. The van der Waals surface area contributed by atoms with Crippen LogP contribution >= 0.6 is 0 Å². The van der Waals surface area contributed by atoms with Gasteiger partial charge >= 0.3 is 12.0 Å². The van der Waals surface area contributed by atoms with Crippen LogP contribution in [0.3, 0.4) is 0 Å². The molecule has 33 heavy (non-hydrogen) atoms. The minimum absolute atomic E-state index is 0.115. The molecule has 3 aromatic rings. The van der Waals surface area contributed by atoms with E-state index in [2.05, 4.69) is 39.2 Å². The number of nitrogens with zero attached hydrogens (tertiary/aromatic N) is 5. The minimum atomic E-state index is -1.13. The fourth-order valence-electron chi connectivity index (χ4n) is 5.05. The molecule has 2 aliphatic heterocycles. The van der Waals surface area contributed by atoms with Crippen molar-refractivity contribution in [1.82, 2.24) is 24.6 Å². The summed E-state index contributed by atoms with van der Waals surface area (Å²) in [6.45, 7) is 4.35. The largest absolute Gasteiger partial charge is 0.476 e. The van der Waals surface area contributed by atoms with Crippen LogP contribution in [-0.2, 0) is 6.54 Å². The number of carboxylic acid groups (broad SMARTS) is 1. The van der Waals surface area contributed by atoms with Gasteiger partial charge in [-0.1, -0.05) is 24.3 Å². The number of piperidine rings is 1. The maximum absolute atomic E-state index is 12.7. The predicted molar refractivity (Wildman–Crippen MR) is 123 cm³/mol. The molecule has 0 aliphatic carbocycles. The highest BCUT2D eigenvalue weighted by atomic mass is 16.4. The van der Waals surface area contributed by atoms with Gasteiger partial charge in [-0.15, -0.1) is 0 Å². The monoisotopic (exact) mass is 445 g/mol. The molecular weight excluding hydrogens is 418 g/mol. The first-order valence-corrected chi connectivity index (χ1v) is 11.3. The van der Waals surface area contributed by atoms with E-state index in [0.29, 0.717) is 13.1 Å². The molecule has 5 rings (SSSR count). The zero-order valence-electron chi connectivity index (χ0n) is 18.4. The van der Waals surface area contributed by atoms with Gasteiger partial charge in [-0.05, 0) is 61.1 Å². The zero-order chi connectivity index (χ0) is 22.8. The fraction of sp³-hybridized carbons (Fsp3) is 0.360. The van der Waals surface area contributed by atoms with E-state index < -0.39 is 5.97 Å². The van der Waals surface area contributed by atoms with Crippen LogP contribution in [0.4, 0.5) is 4.79 Å². The van der Waals surface area contributed by atoms with E-state index in [1.165, 1.54) is 17.8 Å². The Labute approximate surface area is 192 Å². The van der Waals surface area contributed by atoms with E-state index in [9.17, 15) is 9.59 Å². The Kier molecular flexibility index (Phi) is 5.68. The van der Waals surface area contributed by atoms with Crippen LogP contribution in [0.2, 0.25) is 0 Å². The number of pyridine rings is 1. The van der Waals surface area contributed by atoms with Gasteiger partial charge in [0.25, 0.3) is 0 Å². The van der Waals surface area contributed by atoms with Crippen LogP contribution in [0.5, 0.6) is 0 Å². The SMILES string of the molecule is O=C(O)c1ccn(C(=O)N2CCC3(CCN(Cc4cccc(-c5ccccn5)c4)C3)CC2)n1. The van der Waals surface area contributed by atoms with E-state index >= 15 is 0 Å². The quantitative estimate of drug-likeness (QED) is 0.660. The minimum Gasteiger partial charge on any atom is -0.476 e. The average Bonchev–Trinajstić information content (AvgIpc) is 3.48. The molecule has 1 N–H and O–H groups in total. The first-order chi connectivity index (χ1) is 16.0. The summed E-state index contributed by atoms with van der Waals surface area (Å²) < 4.78 is 1.14. The molecular formula is C25H27N5O3. The van der Waals surface area contributed by atoms with Crippen LogP contribution in [0.25, 0.3) is 11.3 Å². The lowest BCUT2D eigenvalue weighted by atomic mass is 9.78. The van der Waals surface area contributed by atoms with Crippen molar-refractivity contribution in [3.8, 4) is 11.3 Å². The highest BCUT2D eigenvalue weighted by Gasteiger charge is 2.41. The molecule has 0 saturated carbocycles. The number of likely N-dealkylation sites (tertiary alicyclic amines) is 2. The normalized spacial score (nSPS) is 18.0. The van der Waals surface area contributed by atoms with Gasteiger partial charge in [0, 0.05) is 44.1 Å². The van der Waals surface area contributed by atoms with Crippen molar-refractivity contribution in [1.29, 1.82) is 0 Å². The van der Waals surface area contributed by atoms with Crippen LogP contribution in [0, 0.1) is 5.41 Å².